The van der Waals surface area contributed by atoms with Crippen LogP contribution < -0.4 is 9.80 Å². The SMILES string of the molecule is FC(F)(F)c1ccc(N2CCCN(c3ccc(Br)cn3)CC2)nc1. The number of hydrogen-bond donors (Lipinski definition) is 0. The average molecular weight is 401 g/mol. The molecule has 0 amide bonds. The van der Waals surface area contributed by atoms with Crippen molar-refractivity contribution in [1.29, 1.82) is 0 Å². The fraction of sp³-hybridized carbons (Fsp3) is 0.375. The molecule has 3 rings (SSSR count). The van der Waals surface area contributed by atoms with Crippen molar-refractivity contribution in [3.05, 3.63) is 46.7 Å². The first kappa shape index (κ1) is 17.0. The van der Waals surface area contributed by atoms with Crippen LogP contribution in [0.3, 0.4) is 0 Å². The molecule has 1 aliphatic rings. The zero-order chi connectivity index (χ0) is 17.2. The largest absolute Gasteiger partial charge is 0.417 e. The van der Waals surface area contributed by atoms with Crippen molar-refractivity contribution in [1.82, 2.24) is 9.97 Å². The van der Waals surface area contributed by atoms with Crippen LogP contribution in [0.2, 0.25) is 0 Å². The van der Waals surface area contributed by atoms with Crippen molar-refractivity contribution >= 4 is 27.6 Å². The minimum absolute atomic E-state index is 0.577. The number of nitrogens with zero attached hydrogens (tertiary/aromatic N) is 4. The highest BCUT2D eigenvalue weighted by Gasteiger charge is 2.31. The van der Waals surface area contributed by atoms with Crippen LogP contribution in [-0.4, -0.2) is 36.1 Å². The van der Waals surface area contributed by atoms with Gasteiger partial charge in [-0.05, 0) is 46.6 Å². The standard InChI is InChI=1S/C16H16BrF3N4/c17-13-3-5-15(22-11-13)24-7-1-6-23(8-9-24)14-4-2-12(10-21-14)16(18,19)20/h2-5,10-11H,1,6-9H2. The Kier molecular flexibility index (Phi) is 4.93. The molecule has 0 saturated carbocycles. The van der Waals surface area contributed by atoms with E-state index in [1.807, 2.05) is 17.0 Å². The predicted octanol–water partition coefficient (Wildman–Crippen LogP) is 3.97. The van der Waals surface area contributed by atoms with Gasteiger partial charge in [0.25, 0.3) is 0 Å². The highest BCUT2D eigenvalue weighted by Crippen LogP contribution is 2.29. The van der Waals surface area contributed by atoms with Crippen LogP contribution in [0, 0.1) is 0 Å². The van der Waals surface area contributed by atoms with Crippen molar-refractivity contribution in [3.63, 3.8) is 0 Å². The van der Waals surface area contributed by atoms with Crippen LogP contribution in [0.4, 0.5) is 24.8 Å². The molecule has 8 heteroatoms. The molecule has 0 N–H and O–H groups in total. The molecule has 0 atom stereocenters. The number of hydrogen-bond acceptors (Lipinski definition) is 4. The quantitative estimate of drug-likeness (QED) is 0.763. The summed E-state index contributed by atoms with van der Waals surface area (Å²) in [6.07, 6.45) is -0.807. The summed E-state index contributed by atoms with van der Waals surface area (Å²) in [4.78, 5) is 12.6. The number of rotatable bonds is 2. The fourth-order valence-electron chi connectivity index (χ4n) is 2.67. The van der Waals surface area contributed by atoms with Gasteiger partial charge < -0.3 is 9.80 Å². The molecule has 1 saturated heterocycles. The lowest BCUT2D eigenvalue weighted by Crippen LogP contribution is -2.31. The van der Waals surface area contributed by atoms with Crippen LogP contribution >= 0.6 is 15.9 Å². The lowest BCUT2D eigenvalue weighted by atomic mass is 10.2. The zero-order valence-electron chi connectivity index (χ0n) is 12.8. The summed E-state index contributed by atoms with van der Waals surface area (Å²) in [6.45, 7) is 3.05. The van der Waals surface area contributed by atoms with Gasteiger partial charge in [0.15, 0.2) is 0 Å². The minimum atomic E-state index is -4.35. The molecule has 0 bridgehead atoms. The Morgan fingerprint density at radius 2 is 1.42 bits per heavy atom. The van der Waals surface area contributed by atoms with E-state index in [9.17, 15) is 13.2 Å². The summed E-state index contributed by atoms with van der Waals surface area (Å²) in [5.41, 5.74) is -0.721. The Labute approximate surface area is 146 Å². The molecule has 0 radical (unpaired) electrons. The molecular formula is C16H16BrF3N4. The molecular weight excluding hydrogens is 385 g/mol. The van der Waals surface area contributed by atoms with E-state index in [4.69, 9.17) is 0 Å². The molecule has 1 aliphatic heterocycles. The van der Waals surface area contributed by atoms with Crippen LogP contribution in [0.1, 0.15) is 12.0 Å². The Balaban J connectivity index is 1.68. The van der Waals surface area contributed by atoms with Gasteiger partial charge in [0, 0.05) is 43.0 Å². The summed E-state index contributed by atoms with van der Waals surface area (Å²) >= 11 is 3.37. The molecule has 2 aromatic rings. The smallest absolute Gasteiger partial charge is 0.355 e. The van der Waals surface area contributed by atoms with Gasteiger partial charge in [-0.15, -0.1) is 0 Å². The first-order valence-corrected chi connectivity index (χ1v) is 8.37. The van der Waals surface area contributed by atoms with Crippen molar-refractivity contribution in [2.24, 2.45) is 0 Å². The highest BCUT2D eigenvalue weighted by molar-refractivity contribution is 9.10. The molecule has 0 aliphatic carbocycles. The van der Waals surface area contributed by atoms with Gasteiger partial charge in [0.05, 0.1) is 5.56 Å². The number of anilines is 2. The van der Waals surface area contributed by atoms with Crippen LogP contribution in [-0.2, 0) is 6.18 Å². The van der Waals surface area contributed by atoms with E-state index >= 15 is 0 Å². The van der Waals surface area contributed by atoms with Crippen molar-refractivity contribution in [3.8, 4) is 0 Å². The van der Waals surface area contributed by atoms with E-state index in [0.29, 0.717) is 12.4 Å². The molecule has 24 heavy (non-hydrogen) atoms. The first-order chi connectivity index (χ1) is 11.4. The number of aromatic nitrogens is 2. The molecule has 1 fully saturated rings. The second-order valence-electron chi connectivity index (χ2n) is 5.57. The molecule has 2 aromatic heterocycles. The number of alkyl halides is 3. The summed E-state index contributed by atoms with van der Waals surface area (Å²) < 4.78 is 38.8. The number of pyridine rings is 2. The predicted molar refractivity (Wildman–Crippen MR) is 90.2 cm³/mol. The van der Waals surface area contributed by atoms with E-state index in [1.165, 1.54) is 6.07 Å². The van der Waals surface area contributed by atoms with Crippen LogP contribution in [0.25, 0.3) is 0 Å². The Morgan fingerprint density at radius 3 is 1.88 bits per heavy atom. The average Bonchev–Trinajstić information content (AvgIpc) is 2.81. The summed E-state index contributed by atoms with van der Waals surface area (Å²) in [6, 6.07) is 6.43. The van der Waals surface area contributed by atoms with Crippen LogP contribution in [0.5, 0.6) is 0 Å². The van der Waals surface area contributed by atoms with E-state index in [1.54, 1.807) is 6.20 Å². The summed E-state index contributed by atoms with van der Waals surface area (Å²) in [7, 11) is 0. The van der Waals surface area contributed by atoms with Gasteiger partial charge in [0.1, 0.15) is 11.6 Å². The molecule has 0 unspecified atom stereocenters. The Morgan fingerprint density at radius 1 is 0.833 bits per heavy atom. The topological polar surface area (TPSA) is 32.3 Å². The van der Waals surface area contributed by atoms with Gasteiger partial charge in [-0.3, -0.25) is 0 Å². The van der Waals surface area contributed by atoms with E-state index in [0.717, 1.165) is 48.6 Å². The number of halogens is 4. The maximum absolute atomic E-state index is 12.6. The first-order valence-electron chi connectivity index (χ1n) is 7.58. The van der Waals surface area contributed by atoms with Gasteiger partial charge in [0.2, 0.25) is 0 Å². The third-order valence-electron chi connectivity index (χ3n) is 3.93. The van der Waals surface area contributed by atoms with Crippen LogP contribution in [0.15, 0.2) is 41.1 Å². The van der Waals surface area contributed by atoms with Crippen molar-refractivity contribution < 1.29 is 13.2 Å². The maximum Gasteiger partial charge on any atom is 0.417 e. The highest BCUT2D eigenvalue weighted by atomic mass is 79.9. The molecule has 3 heterocycles. The molecule has 128 valence electrons. The molecule has 0 spiro atoms. The fourth-order valence-corrected chi connectivity index (χ4v) is 2.91. The van der Waals surface area contributed by atoms with Gasteiger partial charge >= 0.3 is 6.18 Å². The third-order valence-corrected chi connectivity index (χ3v) is 4.40. The molecule has 0 aromatic carbocycles. The monoisotopic (exact) mass is 400 g/mol. The second-order valence-corrected chi connectivity index (χ2v) is 6.48. The second kappa shape index (κ2) is 6.96. The molecule has 4 nitrogen and oxygen atoms in total. The normalized spacial score (nSPS) is 16.2. The lowest BCUT2D eigenvalue weighted by molar-refractivity contribution is -0.137. The third kappa shape index (κ3) is 3.98. The van der Waals surface area contributed by atoms with Gasteiger partial charge in [-0.1, -0.05) is 0 Å². The van der Waals surface area contributed by atoms with Crippen molar-refractivity contribution in [2.75, 3.05) is 36.0 Å². The summed E-state index contributed by atoms with van der Waals surface area (Å²) in [5, 5.41) is 0. The minimum Gasteiger partial charge on any atom is -0.355 e. The maximum atomic E-state index is 12.6. The Hall–Kier alpha value is -1.83. The lowest BCUT2D eigenvalue weighted by Gasteiger charge is -2.23. The summed E-state index contributed by atoms with van der Waals surface area (Å²) in [5.74, 6) is 1.48. The zero-order valence-corrected chi connectivity index (χ0v) is 14.4. The van der Waals surface area contributed by atoms with E-state index in [2.05, 4.69) is 30.8 Å². The van der Waals surface area contributed by atoms with E-state index < -0.39 is 11.7 Å². The van der Waals surface area contributed by atoms with Gasteiger partial charge in [-0.2, -0.15) is 13.2 Å². The van der Waals surface area contributed by atoms with E-state index in [-0.39, 0.29) is 0 Å². The Bertz CT molecular complexity index is 673. The van der Waals surface area contributed by atoms with Gasteiger partial charge in [-0.25, -0.2) is 9.97 Å². The van der Waals surface area contributed by atoms with Crippen molar-refractivity contribution in [2.45, 2.75) is 12.6 Å².